The summed E-state index contributed by atoms with van der Waals surface area (Å²) in [4.78, 5) is 13.0. The maximum atomic E-state index is 13.1. The number of rotatable bonds is 5. The summed E-state index contributed by atoms with van der Waals surface area (Å²) in [5.41, 5.74) is 1.57. The number of aromatic nitrogens is 2. The first kappa shape index (κ1) is 21.8. The van der Waals surface area contributed by atoms with Crippen molar-refractivity contribution >= 4 is 33.0 Å². The van der Waals surface area contributed by atoms with E-state index >= 15 is 0 Å². The molecule has 5 rings (SSSR count). The Labute approximate surface area is 195 Å². The van der Waals surface area contributed by atoms with Crippen LogP contribution in [0.5, 0.6) is 11.5 Å². The monoisotopic (exact) mass is 486 g/mol. The average Bonchev–Trinajstić information content (AvgIpc) is 3.49. The molecule has 1 amide bonds. The molecule has 3 heterocycles. The fourth-order valence-electron chi connectivity index (χ4n) is 3.87. The van der Waals surface area contributed by atoms with E-state index in [4.69, 9.17) is 9.47 Å². The van der Waals surface area contributed by atoms with Crippen LogP contribution < -0.4 is 14.8 Å². The van der Waals surface area contributed by atoms with Gasteiger partial charge in [0.25, 0.3) is 5.91 Å². The van der Waals surface area contributed by atoms with Crippen molar-refractivity contribution in [3.63, 3.8) is 0 Å². The second-order valence-corrected chi connectivity index (χ2v) is 10.9. The minimum Gasteiger partial charge on any atom is -0.454 e. The van der Waals surface area contributed by atoms with Crippen molar-refractivity contribution in [1.82, 2.24) is 14.5 Å². The number of amides is 1. The lowest BCUT2D eigenvalue weighted by molar-refractivity contribution is 0.102. The van der Waals surface area contributed by atoms with Crippen LogP contribution in [0.1, 0.15) is 39.1 Å². The van der Waals surface area contributed by atoms with Gasteiger partial charge in [0.05, 0.1) is 4.90 Å². The highest BCUT2D eigenvalue weighted by Crippen LogP contribution is 2.35. The van der Waals surface area contributed by atoms with Gasteiger partial charge in [0.2, 0.25) is 21.8 Å². The largest absolute Gasteiger partial charge is 0.454 e. The molecular weight excluding hydrogens is 464 g/mol. The lowest BCUT2D eigenvalue weighted by Crippen LogP contribution is -2.39. The van der Waals surface area contributed by atoms with Crippen LogP contribution in [-0.4, -0.2) is 48.7 Å². The van der Waals surface area contributed by atoms with Crippen molar-refractivity contribution < 1.29 is 22.7 Å². The summed E-state index contributed by atoms with van der Waals surface area (Å²) in [6.45, 7) is 2.85. The quantitative estimate of drug-likeness (QED) is 0.588. The normalized spacial score (nSPS) is 18.3. The molecule has 2 aliphatic rings. The number of fused-ring (bicyclic) bond motifs is 1. The van der Waals surface area contributed by atoms with Crippen LogP contribution >= 0.6 is 11.3 Å². The molecule has 0 bridgehead atoms. The van der Waals surface area contributed by atoms with Gasteiger partial charge in [-0.1, -0.05) is 29.0 Å². The van der Waals surface area contributed by atoms with Gasteiger partial charge in [0.15, 0.2) is 11.5 Å². The summed E-state index contributed by atoms with van der Waals surface area (Å²) < 4.78 is 38.3. The van der Waals surface area contributed by atoms with Crippen molar-refractivity contribution in [2.45, 2.75) is 30.6 Å². The number of hydrogen-bond donors (Lipinski definition) is 1. The van der Waals surface area contributed by atoms with Gasteiger partial charge in [-0.15, -0.1) is 10.2 Å². The first-order chi connectivity index (χ1) is 15.9. The van der Waals surface area contributed by atoms with Gasteiger partial charge in [0.1, 0.15) is 5.01 Å². The van der Waals surface area contributed by atoms with Crippen molar-refractivity contribution in [2.24, 2.45) is 0 Å². The van der Waals surface area contributed by atoms with Crippen molar-refractivity contribution in [1.29, 1.82) is 0 Å². The van der Waals surface area contributed by atoms with E-state index in [1.807, 2.05) is 6.92 Å². The number of ether oxygens (including phenoxy) is 2. The van der Waals surface area contributed by atoms with Crippen LogP contribution in [0, 0.1) is 6.92 Å². The number of benzene rings is 2. The molecule has 1 fully saturated rings. The molecule has 0 aliphatic carbocycles. The fourth-order valence-corrected chi connectivity index (χ4v) is 6.26. The molecule has 11 heteroatoms. The van der Waals surface area contributed by atoms with Crippen molar-refractivity contribution in [3.05, 3.63) is 58.0 Å². The third-order valence-electron chi connectivity index (χ3n) is 5.66. The average molecular weight is 487 g/mol. The van der Waals surface area contributed by atoms with Crippen molar-refractivity contribution in [3.8, 4) is 11.5 Å². The van der Waals surface area contributed by atoms with Gasteiger partial charge in [-0.2, -0.15) is 4.31 Å². The predicted molar refractivity (Wildman–Crippen MR) is 122 cm³/mol. The SMILES string of the molecule is Cc1ccc(S(=O)(=O)N2CCCC(c3nnc(C(=O)Nc4ccc5c(c4)OCO5)s3)C2)cc1. The third kappa shape index (κ3) is 4.43. The van der Waals surface area contributed by atoms with Gasteiger partial charge in [-0.3, -0.25) is 4.79 Å². The number of sulfonamides is 1. The number of carbonyl (C=O) groups excluding carboxylic acids is 1. The highest BCUT2D eigenvalue weighted by molar-refractivity contribution is 7.89. The van der Waals surface area contributed by atoms with Crippen LogP contribution in [0.2, 0.25) is 0 Å². The van der Waals surface area contributed by atoms with Gasteiger partial charge >= 0.3 is 0 Å². The molecule has 1 N–H and O–H groups in total. The molecule has 9 nitrogen and oxygen atoms in total. The zero-order chi connectivity index (χ0) is 23.0. The van der Waals surface area contributed by atoms with E-state index in [0.29, 0.717) is 41.7 Å². The molecule has 33 heavy (non-hydrogen) atoms. The second kappa shape index (κ2) is 8.73. The van der Waals surface area contributed by atoms with Gasteiger partial charge in [0, 0.05) is 30.8 Å². The molecule has 0 radical (unpaired) electrons. The Morgan fingerprint density at radius 3 is 2.73 bits per heavy atom. The second-order valence-electron chi connectivity index (χ2n) is 7.98. The summed E-state index contributed by atoms with van der Waals surface area (Å²) in [6, 6.07) is 12.0. The van der Waals surface area contributed by atoms with Crippen LogP contribution in [0.3, 0.4) is 0 Å². The van der Waals surface area contributed by atoms with E-state index in [0.717, 1.165) is 12.0 Å². The molecule has 1 aromatic heterocycles. The Morgan fingerprint density at radius 1 is 1.12 bits per heavy atom. The topological polar surface area (TPSA) is 111 Å². The Balaban J connectivity index is 1.28. The number of hydrogen-bond acceptors (Lipinski definition) is 8. The van der Waals surface area contributed by atoms with Crippen LogP contribution in [-0.2, 0) is 10.0 Å². The van der Waals surface area contributed by atoms with E-state index in [2.05, 4.69) is 15.5 Å². The molecule has 172 valence electrons. The summed E-state index contributed by atoms with van der Waals surface area (Å²) in [5, 5.41) is 11.9. The van der Waals surface area contributed by atoms with Gasteiger partial charge < -0.3 is 14.8 Å². The molecule has 1 atom stereocenters. The standard InChI is InChI=1S/C22H22N4O5S2/c1-14-4-7-17(8-5-14)33(28,29)26-10-2-3-15(12-26)21-24-25-22(32-21)20(27)23-16-6-9-18-19(11-16)31-13-30-18/h4-9,11,15H,2-3,10,12-13H2,1H3,(H,23,27). The predicted octanol–water partition coefficient (Wildman–Crippen LogP) is 3.40. The molecule has 3 aromatic rings. The van der Waals surface area contributed by atoms with Crippen LogP contribution in [0.4, 0.5) is 5.69 Å². The molecule has 1 unspecified atom stereocenters. The first-order valence-corrected chi connectivity index (χ1v) is 12.8. The zero-order valence-electron chi connectivity index (χ0n) is 17.9. The minimum absolute atomic E-state index is 0.108. The molecule has 2 aliphatic heterocycles. The molecular formula is C22H22N4O5S2. The van der Waals surface area contributed by atoms with Crippen LogP contribution in [0.15, 0.2) is 47.4 Å². The van der Waals surface area contributed by atoms with E-state index in [-0.39, 0.29) is 28.5 Å². The Morgan fingerprint density at radius 2 is 1.91 bits per heavy atom. The van der Waals surface area contributed by atoms with E-state index in [1.54, 1.807) is 42.5 Å². The Hall–Kier alpha value is -3.02. The summed E-state index contributed by atoms with van der Waals surface area (Å²) in [6.07, 6.45) is 1.51. The van der Waals surface area contributed by atoms with Gasteiger partial charge in [-0.25, -0.2) is 8.42 Å². The van der Waals surface area contributed by atoms with E-state index in [9.17, 15) is 13.2 Å². The zero-order valence-corrected chi connectivity index (χ0v) is 19.5. The molecule has 2 aromatic carbocycles. The highest BCUT2D eigenvalue weighted by Gasteiger charge is 2.33. The number of carbonyl (C=O) groups is 1. The molecule has 1 saturated heterocycles. The number of nitrogens with one attached hydrogen (secondary N) is 1. The summed E-state index contributed by atoms with van der Waals surface area (Å²) in [5.74, 6) is 0.720. The van der Waals surface area contributed by atoms with Gasteiger partial charge in [-0.05, 0) is 44.0 Å². The summed E-state index contributed by atoms with van der Waals surface area (Å²) in [7, 11) is -3.59. The van der Waals surface area contributed by atoms with Crippen molar-refractivity contribution in [2.75, 3.05) is 25.2 Å². The Kier molecular flexibility index (Phi) is 5.77. The molecule has 0 saturated carbocycles. The number of anilines is 1. The lowest BCUT2D eigenvalue weighted by atomic mass is 10.0. The van der Waals surface area contributed by atoms with E-state index < -0.39 is 10.0 Å². The van der Waals surface area contributed by atoms with E-state index in [1.165, 1.54) is 15.6 Å². The Bertz CT molecular complexity index is 1290. The summed E-state index contributed by atoms with van der Waals surface area (Å²) >= 11 is 1.19. The van der Waals surface area contributed by atoms with Crippen LogP contribution in [0.25, 0.3) is 0 Å². The number of nitrogens with zero attached hydrogens (tertiary/aromatic N) is 3. The first-order valence-electron chi connectivity index (χ1n) is 10.5. The lowest BCUT2D eigenvalue weighted by Gasteiger charge is -2.30. The minimum atomic E-state index is -3.59. The number of aryl methyl sites for hydroxylation is 1. The maximum Gasteiger partial charge on any atom is 0.286 e. The fraction of sp³-hybridized carbons (Fsp3) is 0.318. The number of piperidine rings is 1. The maximum absolute atomic E-state index is 13.1. The highest BCUT2D eigenvalue weighted by atomic mass is 32.2. The third-order valence-corrected chi connectivity index (χ3v) is 8.62. The molecule has 0 spiro atoms. The smallest absolute Gasteiger partial charge is 0.286 e.